The fourth-order valence-electron chi connectivity index (χ4n) is 13.0. The van der Waals surface area contributed by atoms with E-state index >= 15 is 0 Å². The molecule has 0 aromatic heterocycles. The number of ether oxygens (including phenoxy) is 2. The zero-order valence-corrected chi connectivity index (χ0v) is 92.1. The molecule has 1 aliphatic rings. The number of nitrogens with one attached hydrogen (secondary N) is 7. The normalized spacial score (nSPS) is 11.6. The summed E-state index contributed by atoms with van der Waals surface area (Å²) < 4.78 is 11.8. The highest BCUT2D eigenvalue weighted by Gasteiger charge is 2.26. The van der Waals surface area contributed by atoms with E-state index in [1.54, 1.807) is 41.7 Å². The van der Waals surface area contributed by atoms with Crippen LogP contribution in [0.3, 0.4) is 0 Å². The van der Waals surface area contributed by atoms with Crippen LogP contribution in [0, 0.1) is 0 Å². The number of carbonyl (C=O) groups excluding carboxylic acids is 8. The molecule has 1 fully saturated rings. The number of hydrogen-bond acceptors (Lipinski definition) is 16. The molecule has 144 heavy (non-hydrogen) atoms. The number of rotatable bonds is 24. The molecule has 21 heteroatoms. The maximum Gasteiger partial charge on any atom is 0.255 e. The van der Waals surface area contributed by atoms with E-state index in [2.05, 4.69) is 192 Å². The lowest BCUT2D eigenvalue weighted by Crippen LogP contribution is -2.38. The molecule has 0 radical (unpaired) electrons. The molecule has 1 saturated carbocycles. The number of nitrogens with zero attached hydrogens (tertiary/aromatic N) is 2. The van der Waals surface area contributed by atoms with Gasteiger partial charge in [0, 0.05) is 171 Å². The molecule has 12 aromatic carbocycles. The van der Waals surface area contributed by atoms with Gasteiger partial charge in [0.2, 0.25) is 0 Å². The number of ketones is 3. The number of thioether (sulfide) groups is 2. The largest absolute Gasteiger partial charge is 0.488 e. The first-order chi connectivity index (χ1) is 67.3. The quantitative estimate of drug-likeness (QED) is 0.0220. The van der Waals surface area contributed by atoms with Crippen molar-refractivity contribution in [2.24, 2.45) is 0 Å². The average molecular weight is 1990 g/mol. The summed E-state index contributed by atoms with van der Waals surface area (Å²) in [5.41, 5.74) is 12.8. The van der Waals surface area contributed by atoms with Gasteiger partial charge >= 0.3 is 0 Å². The molecular formula is C123H157N9O10S2. The van der Waals surface area contributed by atoms with Gasteiger partial charge in [-0.3, -0.25) is 38.4 Å². The van der Waals surface area contributed by atoms with Crippen LogP contribution in [0.5, 0.6) is 11.5 Å². The van der Waals surface area contributed by atoms with Crippen LogP contribution in [0.25, 0.3) is 0 Å². The van der Waals surface area contributed by atoms with Gasteiger partial charge < -0.3 is 56.5 Å². The molecule has 0 bridgehead atoms. The topological polar surface area (TPSA) is 246 Å². The summed E-state index contributed by atoms with van der Waals surface area (Å²) in [7, 11) is 4.11. The second-order valence-corrected chi connectivity index (χ2v) is 46.6. The Hall–Kier alpha value is -13.5. The Bertz CT molecular complexity index is 5660. The predicted octanol–water partition coefficient (Wildman–Crippen LogP) is 31.2. The van der Waals surface area contributed by atoms with Crippen molar-refractivity contribution < 1.29 is 47.8 Å². The van der Waals surface area contributed by atoms with Crippen molar-refractivity contribution in [3.63, 3.8) is 0 Å². The van der Waals surface area contributed by atoms with Gasteiger partial charge in [-0.2, -0.15) is 0 Å². The Morgan fingerprint density at radius 1 is 0.278 bits per heavy atom. The first kappa shape index (κ1) is 119. The van der Waals surface area contributed by atoms with E-state index < -0.39 is 0 Å². The Morgan fingerprint density at radius 2 is 0.569 bits per heavy atom. The van der Waals surface area contributed by atoms with E-state index in [0.29, 0.717) is 47.6 Å². The Morgan fingerprint density at radius 3 is 0.896 bits per heavy atom. The molecule has 0 heterocycles. The maximum absolute atomic E-state index is 12.2. The highest BCUT2D eigenvalue weighted by molar-refractivity contribution is 8.00. The smallest absolute Gasteiger partial charge is 0.255 e. The lowest BCUT2D eigenvalue weighted by molar-refractivity contribution is 0.0946. The Labute approximate surface area is 868 Å². The number of hydrogen-bond donors (Lipinski definition) is 7. The Balaban J connectivity index is 0.000000252. The molecule has 766 valence electrons. The van der Waals surface area contributed by atoms with Crippen molar-refractivity contribution in [1.82, 2.24) is 5.32 Å². The molecule has 12 aromatic rings. The molecule has 0 spiro atoms. The third kappa shape index (κ3) is 47.6. The fraction of sp³-hybridized carbons (Fsp3) is 0.350. The molecule has 13 rings (SSSR count). The van der Waals surface area contributed by atoms with Gasteiger partial charge in [0.05, 0.1) is 0 Å². The monoisotopic (exact) mass is 1980 g/mol. The van der Waals surface area contributed by atoms with Crippen LogP contribution in [-0.4, -0.2) is 110 Å². The number of amides is 5. The minimum atomic E-state index is -0.242. The molecule has 0 saturated heterocycles. The second kappa shape index (κ2) is 55.9. The van der Waals surface area contributed by atoms with E-state index in [9.17, 15) is 38.4 Å². The van der Waals surface area contributed by atoms with E-state index in [1.165, 1.54) is 9.79 Å². The van der Waals surface area contributed by atoms with E-state index in [1.807, 2.05) is 353 Å². The van der Waals surface area contributed by atoms with Crippen LogP contribution >= 0.6 is 23.5 Å². The Kier molecular flexibility index (Phi) is 46.3. The number of carbonyl (C=O) groups is 8. The lowest BCUT2D eigenvalue weighted by atomic mass is 10.0. The van der Waals surface area contributed by atoms with Crippen molar-refractivity contribution in [3.8, 4) is 11.5 Å². The molecule has 7 N–H and O–H groups in total. The summed E-state index contributed by atoms with van der Waals surface area (Å²) in [6, 6.07) is 98.9. The van der Waals surface area contributed by atoms with Crippen molar-refractivity contribution in [3.05, 3.63) is 360 Å². The van der Waals surface area contributed by atoms with E-state index in [-0.39, 0.29) is 89.7 Å². The summed E-state index contributed by atoms with van der Waals surface area (Å²) in [6.45, 7) is 56.2. The number of anilines is 8. The third-order valence-corrected chi connectivity index (χ3v) is 22.9. The number of benzene rings is 12. The third-order valence-electron chi connectivity index (χ3n) is 20.7. The van der Waals surface area contributed by atoms with Gasteiger partial charge in [0.25, 0.3) is 29.5 Å². The maximum atomic E-state index is 12.2. The van der Waals surface area contributed by atoms with E-state index in [4.69, 9.17) is 9.47 Å². The zero-order valence-electron chi connectivity index (χ0n) is 90.4. The molecule has 19 nitrogen and oxygen atoms in total. The molecular weight excluding hydrogens is 1830 g/mol. The van der Waals surface area contributed by atoms with Crippen molar-refractivity contribution in [2.45, 2.75) is 278 Å². The predicted molar refractivity (Wildman–Crippen MR) is 609 cm³/mol. The SMILES string of the molecule is CC(C)(C)Nc1ccc(C(=O)NC2CC2)cc1.CC(C)(C)Nc1ccc(C(=O)Nc2ccccc2)cc1.CC(C)(C)Oc1ccc(C(=O)Nc2ccccc2)cc1.CC(C)(C)Sc1ccc(C(=O)Nc2ccccc2)cc1.CCC(=O)c1cccc(N(C)C(C)(C)C)c1.CCC(=O)c1cccc(OC(C)(C)C)c1.CCC(=O)c1cccc(SC(C)(C)C)c1.CN(c1ccc(C(=O)Nc2ccccc2)cc1)C(C)(C)C. The summed E-state index contributed by atoms with van der Waals surface area (Å²) >= 11 is 3.58. The highest BCUT2D eigenvalue weighted by atomic mass is 32.2. The fourth-order valence-corrected chi connectivity index (χ4v) is 15.0. The molecule has 0 aliphatic heterocycles. The first-order valence-electron chi connectivity index (χ1n) is 49.3. The van der Waals surface area contributed by atoms with Crippen LogP contribution in [-0.2, 0) is 0 Å². The lowest BCUT2D eigenvalue weighted by Gasteiger charge is -2.34. The van der Waals surface area contributed by atoms with Crippen LogP contribution in [0.4, 0.5) is 45.5 Å². The van der Waals surface area contributed by atoms with Crippen molar-refractivity contribution >= 4 is 116 Å². The highest BCUT2D eigenvalue weighted by Crippen LogP contribution is 2.35. The van der Waals surface area contributed by atoms with Gasteiger partial charge in [-0.05, 0) is 344 Å². The molecule has 5 amide bonds. The standard InChI is InChI=1S/C18H22N2O.C17H20N2O.C17H19NO2.C17H19NOS.C14H20N2O.C14H21NO.C13H18O2.C13H18OS/c1-18(2,3)20(4)16-12-10-14(11-13-16)17(21)19-15-8-6-5-7-9-15;1-17(2,3)19-15-11-9-13(10-12-15)16(20)18-14-7-5-4-6-8-14;2*1-17(2,3)20-15-11-9-13(10-12-15)16(19)18-14-7-5-4-6-8-14;1-14(2,3)16-12-6-4-10(5-7-12)13(17)15-11-8-9-11;1-6-13(16)11-8-7-9-12(10-11)15(5)14(2,3)4;2*1-5-12(14)10-7-6-8-11(9-10)15-13(2,3)4/h5-13H,1-4H3,(H,19,21);4-12,19H,1-3H3,(H,18,20);2*4-12H,1-3H3,(H,18,19);4-7,11,16H,8-9H2,1-3H3,(H,15,17);7-10H,6H2,1-5H3;2*6-9H,5H2,1-4H3. The molecule has 0 unspecified atom stereocenters. The van der Waals surface area contributed by atoms with Crippen LogP contribution in [0.15, 0.2) is 325 Å². The van der Waals surface area contributed by atoms with Crippen molar-refractivity contribution in [2.75, 3.05) is 55.8 Å². The molecule has 1 aliphatic carbocycles. The summed E-state index contributed by atoms with van der Waals surface area (Å²) in [4.78, 5) is 101. The van der Waals surface area contributed by atoms with Gasteiger partial charge in [-0.25, -0.2) is 0 Å². The number of Topliss-reactive ketones (excluding diaryl/α,β-unsaturated/α-hetero) is 3. The van der Waals surface area contributed by atoms with Gasteiger partial charge in [0.15, 0.2) is 17.3 Å². The van der Waals surface area contributed by atoms with Crippen LogP contribution in [0.1, 0.15) is 302 Å². The van der Waals surface area contributed by atoms with Crippen LogP contribution < -0.4 is 56.5 Å². The average Bonchev–Trinajstić information content (AvgIpc) is 1.29. The van der Waals surface area contributed by atoms with Gasteiger partial charge in [-0.15, -0.1) is 23.5 Å². The zero-order chi connectivity index (χ0) is 107. The van der Waals surface area contributed by atoms with Crippen LogP contribution in [0.2, 0.25) is 0 Å². The minimum absolute atomic E-state index is 0.00775. The number of para-hydroxylation sites is 4. The first-order valence-corrected chi connectivity index (χ1v) is 50.9. The second-order valence-electron chi connectivity index (χ2n) is 42.8. The minimum Gasteiger partial charge on any atom is -0.488 e. The van der Waals surface area contributed by atoms with Crippen molar-refractivity contribution in [1.29, 1.82) is 0 Å². The van der Waals surface area contributed by atoms with E-state index in [0.717, 1.165) is 92.1 Å². The van der Waals surface area contributed by atoms with Gasteiger partial charge in [-0.1, -0.05) is 172 Å². The summed E-state index contributed by atoms with van der Waals surface area (Å²) in [5, 5.41) is 21.2. The summed E-state index contributed by atoms with van der Waals surface area (Å²) in [6.07, 6.45) is 3.90. The molecule has 0 atom stereocenters. The van der Waals surface area contributed by atoms with Gasteiger partial charge in [0.1, 0.15) is 22.7 Å². The summed E-state index contributed by atoms with van der Waals surface area (Å²) in [5.74, 6) is 1.71.